The summed E-state index contributed by atoms with van der Waals surface area (Å²) in [5, 5.41) is -0.486. The summed E-state index contributed by atoms with van der Waals surface area (Å²) in [7, 11) is 0. The molecule has 2 N–H and O–H groups in total. The van der Waals surface area contributed by atoms with Crippen molar-refractivity contribution in [2.24, 2.45) is 10.7 Å². The predicted molar refractivity (Wildman–Crippen MR) is 96.1 cm³/mol. The number of carbonyl (C=O) groups is 1. The molecule has 2 aromatic rings. The molecule has 1 aliphatic heterocycles. The SMILES string of the molecule is NC(=Nc1ccc(Cl)c(C(F)(F)F)c1)N1C=CN(C(=O)c2c(F)cccc2F)C1. The van der Waals surface area contributed by atoms with Crippen LogP contribution < -0.4 is 5.73 Å². The van der Waals surface area contributed by atoms with Crippen LogP contribution in [0.2, 0.25) is 5.02 Å². The van der Waals surface area contributed by atoms with Crippen LogP contribution in [-0.4, -0.2) is 28.3 Å². The second kappa shape index (κ2) is 7.70. The quantitative estimate of drug-likeness (QED) is 0.434. The van der Waals surface area contributed by atoms with Gasteiger partial charge in [0, 0.05) is 12.4 Å². The average Bonchev–Trinajstić information content (AvgIpc) is 3.12. The fourth-order valence-electron chi connectivity index (χ4n) is 2.54. The van der Waals surface area contributed by atoms with Gasteiger partial charge in [-0.15, -0.1) is 0 Å². The van der Waals surface area contributed by atoms with E-state index in [2.05, 4.69) is 4.99 Å². The number of alkyl halides is 3. The lowest BCUT2D eigenvalue weighted by Gasteiger charge is -2.19. The zero-order valence-corrected chi connectivity index (χ0v) is 15.2. The van der Waals surface area contributed by atoms with Gasteiger partial charge in [-0.05, 0) is 30.3 Å². The van der Waals surface area contributed by atoms with Crippen LogP contribution in [-0.2, 0) is 6.18 Å². The summed E-state index contributed by atoms with van der Waals surface area (Å²) in [6.07, 6.45) is -2.15. The van der Waals surface area contributed by atoms with Crippen LogP contribution in [0.15, 0.2) is 53.8 Å². The summed E-state index contributed by atoms with van der Waals surface area (Å²) in [6.45, 7) is -0.234. The Labute approximate surface area is 166 Å². The maximum atomic E-state index is 13.8. The second-order valence-corrected chi connectivity index (χ2v) is 6.32. The van der Waals surface area contributed by atoms with Crippen molar-refractivity contribution in [1.29, 1.82) is 0 Å². The number of nitrogens with zero attached hydrogens (tertiary/aromatic N) is 3. The number of halogens is 6. The molecule has 0 atom stereocenters. The Morgan fingerprint density at radius 1 is 1.07 bits per heavy atom. The smallest absolute Gasteiger partial charge is 0.369 e. The van der Waals surface area contributed by atoms with Crippen LogP contribution in [0.5, 0.6) is 0 Å². The Morgan fingerprint density at radius 2 is 1.69 bits per heavy atom. The lowest BCUT2D eigenvalue weighted by Crippen LogP contribution is -2.38. The molecule has 0 fully saturated rings. The van der Waals surface area contributed by atoms with Gasteiger partial charge in [-0.1, -0.05) is 17.7 Å². The molecule has 0 aromatic heterocycles. The van der Waals surface area contributed by atoms with Gasteiger partial charge in [0.25, 0.3) is 5.91 Å². The maximum Gasteiger partial charge on any atom is 0.417 e. The van der Waals surface area contributed by atoms with E-state index < -0.39 is 39.9 Å². The van der Waals surface area contributed by atoms with Gasteiger partial charge in [-0.25, -0.2) is 13.8 Å². The molecule has 0 saturated carbocycles. The first-order chi connectivity index (χ1) is 13.6. The van der Waals surface area contributed by atoms with Crippen molar-refractivity contribution < 1.29 is 26.7 Å². The van der Waals surface area contributed by atoms with Gasteiger partial charge in [0.15, 0.2) is 0 Å². The third-order valence-electron chi connectivity index (χ3n) is 3.96. The molecule has 0 spiro atoms. The Morgan fingerprint density at radius 3 is 2.31 bits per heavy atom. The minimum absolute atomic E-state index is 0.113. The molecule has 0 unspecified atom stereocenters. The van der Waals surface area contributed by atoms with E-state index >= 15 is 0 Å². The Kier molecular flexibility index (Phi) is 5.47. The standard InChI is InChI=1S/C18H12ClF5N4O/c19-12-5-4-10(8-11(12)18(22,23)24)26-17(25)28-7-6-27(9-28)16(29)15-13(20)2-1-3-14(15)21/h1-8H,9H2,(H2,25,26). The van der Waals surface area contributed by atoms with E-state index in [1.54, 1.807) is 0 Å². The normalized spacial score (nSPS) is 14.6. The zero-order chi connectivity index (χ0) is 21.3. The molecule has 0 radical (unpaired) electrons. The number of hydrogen-bond acceptors (Lipinski definition) is 2. The first-order valence-corrected chi connectivity index (χ1v) is 8.36. The molecule has 11 heteroatoms. The minimum atomic E-state index is -4.67. The molecule has 5 nitrogen and oxygen atoms in total. The molecule has 152 valence electrons. The average molecular weight is 431 g/mol. The van der Waals surface area contributed by atoms with Crippen molar-refractivity contribution in [3.63, 3.8) is 0 Å². The molecule has 2 aromatic carbocycles. The summed E-state index contributed by atoms with van der Waals surface area (Å²) in [5.41, 5.74) is 3.87. The van der Waals surface area contributed by atoms with Gasteiger partial charge in [0.2, 0.25) is 5.96 Å². The third-order valence-corrected chi connectivity index (χ3v) is 4.29. The fraction of sp³-hybridized carbons (Fsp3) is 0.111. The number of aliphatic imine (C=N–C) groups is 1. The first kappa shape index (κ1) is 20.6. The lowest BCUT2D eigenvalue weighted by molar-refractivity contribution is -0.137. The first-order valence-electron chi connectivity index (χ1n) is 7.99. The highest BCUT2D eigenvalue weighted by Gasteiger charge is 2.33. The maximum absolute atomic E-state index is 13.8. The van der Waals surface area contributed by atoms with Crippen molar-refractivity contribution in [1.82, 2.24) is 9.80 Å². The van der Waals surface area contributed by atoms with Gasteiger partial charge in [0.05, 0.1) is 16.3 Å². The van der Waals surface area contributed by atoms with E-state index in [9.17, 15) is 26.7 Å². The number of benzene rings is 2. The van der Waals surface area contributed by atoms with Gasteiger partial charge >= 0.3 is 6.18 Å². The van der Waals surface area contributed by atoms with Crippen LogP contribution in [0, 0.1) is 11.6 Å². The molecule has 1 heterocycles. The van der Waals surface area contributed by atoms with E-state index in [0.29, 0.717) is 0 Å². The largest absolute Gasteiger partial charge is 0.417 e. The van der Waals surface area contributed by atoms with Crippen LogP contribution in [0.3, 0.4) is 0 Å². The highest BCUT2D eigenvalue weighted by atomic mass is 35.5. The third kappa shape index (κ3) is 4.32. The van der Waals surface area contributed by atoms with E-state index in [4.69, 9.17) is 17.3 Å². The molecule has 29 heavy (non-hydrogen) atoms. The molecule has 0 aliphatic carbocycles. The summed E-state index contributed by atoms with van der Waals surface area (Å²) in [4.78, 5) is 18.4. The van der Waals surface area contributed by atoms with Crippen molar-refractivity contribution >= 4 is 29.2 Å². The predicted octanol–water partition coefficient (Wildman–Crippen LogP) is 4.47. The van der Waals surface area contributed by atoms with Crippen LogP contribution in [0.4, 0.5) is 27.6 Å². The molecular formula is C18H12ClF5N4O. The van der Waals surface area contributed by atoms with Crippen LogP contribution in [0.1, 0.15) is 15.9 Å². The monoisotopic (exact) mass is 430 g/mol. The number of hydrogen-bond donors (Lipinski definition) is 1. The van der Waals surface area contributed by atoms with E-state index in [1.165, 1.54) is 23.4 Å². The van der Waals surface area contributed by atoms with Gasteiger partial charge < -0.3 is 5.73 Å². The van der Waals surface area contributed by atoms with Crippen molar-refractivity contribution in [3.05, 3.63) is 76.6 Å². The summed E-state index contributed by atoms with van der Waals surface area (Å²) in [6, 6.07) is 6.02. The number of amides is 1. The van der Waals surface area contributed by atoms with Crippen molar-refractivity contribution in [2.45, 2.75) is 6.18 Å². The zero-order valence-electron chi connectivity index (χ0n) is 14.4. The van der Waals surface area contributed by atoms with E-state index in [1.807, 2.05) is 0 Å². The number of nitrogens with two attached hydrogens (primary N) is 1. The highest BCUT2D eigenvalue weighted by Crippen LogP contribution is 2.36. The van der Waals surface area contributed by atoms with E-state index in [0.717, 1.165) is 35.2 Å². The van der Waals surface area contributed by atoms with Crippen LogP contribution >= 0.6 is 11.6 Å². The summed E-state index contributed by atoms with van der Waals surface area (Å²) >= 11 is 5.56. The molecule has 0 saturated heterocycles. The Balaban J connectivity index is 1.79. The molecule has 1 aliphatic rings. The second-order valence-electron chi connectivity index (χ2n) is 5.91. The molecule has 1 amide bonds. The fourth-order valence-corrected chi connectivity index (χ4v) is 2.77. The summed E-state index contributed by atoms with van der Waals surface area (Å²) < 4.78 is 66.4. The van der Waals surface area contributed by atoms with E-state index in [-0.39, 0.29) is 18.3 Å². The Bertz CT molecular complexity index is 1000. The van der Waals surface area contributed by atoms with Crippen molar-refractivity contribution in [2.75, 3.05) is 6.67 Å². The molecule has 0 bridgehead atoms. The Hall–Kier alpha value is -3.14. The number of rotatable bonds is 2. The topological polar surface area (TPSA) is 61.9 Å². The molecular weight excluding hydrogens is 419 g/mol. The minimum Gasteiger partial charge on any atom is -0.369 e. The van der Waals surface area contributed by atoms with Crippen molar-refractivity contribution in [3.8, 4) is 0 Å². The van der Waals surface area contributed by atoms with Crippen LogP contribution in [0.25, 0.3) is 0 Å². The number of guanidine groups is 1. The van der Waals surface area contributed by atoms with Gasteiger partial charge in [0.1, 0.15) is 23.9 Å². The van der Waals surface area contributed by atoms with Gasteiger partial charge in [-0.2, -0.15) is 13.2 Å². The summed E-state index contributed by atoms with van der Waals surface area (Å²) in [5.74, 6) is -3.23. The lowest BCUT2D eigenvalue weighted by atomic mass is 10.2. The highest BCUT2D eigenvalue weighted by molar-refractivity contribution is 6.31. The molecule has 3 rings (SSSR count). The number of carbonyl (C=O) groups excluding carboxylic acids is 1. The van der Waals surface area contributed by atoms with Gasteiger partial charge in [-0.3, -0.25) is 14.6 Å².